The van der Waals surface area contributed by atoms with Crippen LogP contribution in [0.1, 0.15) is 18.1 Å². The van der Waals surface area contributed by atoms with Crippen molar-refractivity contribution in [2.24, 2.45) is 4.99 Å². The molecular formula is C25H23F5N2O4. The number of rotatable bonds is 9. The average Bonchev–Trinajstić information content (AvgIpc) is 2.79. The van der Waals surface area contributed by atoms with E-state index in [2.05, 4.69) is 21.8 Å². The first kappa shape index (κ1) is 27.0. The summed E-state index contributed by atoms with van der Waals surface area (Å²) in [6.07, 6.45) is -3.98. The number of nitrogens with one attached hydrogen (secondary N) is 1. The van der Waals surface area contributed by atoms with Gasteiger partial charge in [0.2, 0.25) is 5.91 Å². The highest BCUT2D eigenvalue weighted by atomic mass is 19.4. The predicted molar refractivity (Wildman–Crippen MR) is 124 cm³/mol. The van der Waals surface area contributed by atoms with Gasteiger partial charge in [-0.3, -0.25) is 9.79 Å². The number of hydrogen-bond donors (Lipinski definition) is 2. The van der Waals surface area contributed by atoms with Gasteiger partial charge in [-0.2, -0.15) is 22.0 Å². The Balaban J connectivity index is 1.82. The van der Waals surface area contributed by atoms with Crippen LogP contribution in [0, 0.1) is 0 Å². The van der Waals surface area contributed by atoms with E-state index in [0.29, 0.717) is 22.4 Å². The summed E-state index contributed by atoms with van der Waals surface area (Å²) in [5.41, 5.74) is -0.299. The van der Waals surface area contributed by atoms with Crippen LogP contribution in [0.15, 0.2) is 70.9 Å². The van der Waals surface area contributed by atoms with Crippen LogP contribution >= 0.6 is 0 Å². The summed E-state index contributed by atoms with van der Waals surface area (Å²) in [5.74, 6) is -0.422. The molecule has 0 radical (unpaired) electrons. The fourth-order valence-corrected chi connectivity index (χ4v) is 3.58. The molecule has 2 N–H and O–H groups in total. The fourth-order valence-electron chi connectivity index (χ4n) is 3.58. The van der Waals surface area contributed by atoms with E-state index in [1.165, 1.54) is 24.3 Å². The van der Waals surface area contributed by atoms with Gasteiger partial charge in [-0.15, -0.1) is 0 Å². The second kappa shape index (κ2) is 11.0. The molecule has 0 spiro atoms. The lowest BCUT2D eigenvalue weighted by Gasteiger charge is -2.40. The number of halogens is 5. The van der Waals surface area contributed by atoms with Crippen molar-refractivity contribution in [3.8, 4) is 5.75 Å². The van der Waals surface area contributed by atoms with Gasteiger partial charge >= 0.3 is 12.8 Å². The molecule has 1 fully saturated rings. The number of alkyl halides is 5. The molecule has 11 heteroatoms. The molecule has 2 aromatic rings. The van der Waals surface area contributed by atoms with E-state index in [9.17, 15) is 31.9 Å². The minimum atomic E-state index is -4.72. The van der Waals surface area contributed by atoms with Gasteiger partial charge in [0, 0.05) is 5.69 Å². The molecule has 36 heavy (non-hydrogen) atoms. The average molecular weight is 510 g/mol. The van der Waals surface area contributed by atoms with Crippen LogP contribution in [0.4, 0.5) is 27.6 Å². The van der Waals surface area contributed by atoms with Crippen LogP contribution in [0.25, 0.3) is 5.57 Å². The van der Waals surface area contributed by atoms with Crippen LogP contribution in [-0.2, 0) is 14.9 Å². The van der Waals surface area contributed by atoms with Crippen molar-refractivity contribution < 1.29 is 41.3 Å². The standard InChI is InChI=1S/C25H23F5N2O4/c1-15(17(12-33)11-21(31-2)25(28,29)30)16-3-5-18(6-4-16)24(13-35-14-24)22(34)32-19-7-9-20(10-8-19)36-23(26)27/h3-11,23,33H,2,12-14H2,1H3,(H,32,34)/b17-15-,21-11-. The van der Waals surface area contributed by atoms with E-state index < -0.39 is 30.5 Å². The minimum Gasteiger partial charge on any atom is -0.435 e. The number of benzene rings is 2. The molecular weight excluding hydrogens is 487 g/mol. The molecule has 2 aromatic carbocycles. The molecule has 0 bridgehead atoms. The van der Waals surface area contributed by atoms with Gasteiger partial charge in [0.25, 0.3) is 0 Å². The molecule has 0 aromatic heterocycles. The monoisotopic (exact) mass is 510 g/mol. The first-order chi connectivity index (χ1) is 17.0. The molecule has 0 unspecified atom stereocenters. The van der Waals surface area contributed by atoms with Gasteiger partial charge in [-0.25, -0.2) is 0 Å². The summed E-state index contributed by atoms with van der Waals surface area (Å²) in [7, 11) is 0. The maximum Gasteiger partial charge on any atom is 0.433 e. The number of aliphatic hydroxyl groups is 1. The van der Waals surface area contributed by atoms with E-state index >= 15 is 0 Å². The Morgan fingerprint density at radius 1 is 1.19 bits per heavy atom. The number of carbonyl (C=O) groups is 1. The second-order valence-corrected chi connectivity index (χ2v) is 8.00. The molecule has 1 aliphatic rings. The Hall–Kier alpha value is -3.57. The summed E-state index contributed by atoms with van der Waals surface area (Å²) in [4.78, 5) is 16.1. The summed E-state index contributed by atoms with van der Waals surface area (Å²) in [6.45, 7) is 1.09. The first-order valence-corrected chi connectivity index (χ1v) is 10.6. The zero-order chi connectivity index (χ0) is 26.5. The van der Waals surface area contributed by atoms with Crippen LogP contribution in [0.5, 0.6) is 5.75 Å². The topological polar surface area (TPSA) is 80.2 Å². The number of amides is 1. The lowest BCUT2D eigenvalue weighted by molar-refractivity contribution is -0.139. The quantitative estimate of drug-likeness (QED) is 0.279. The van der Waals surface area contributed by atoms with Crippen molar-refractivity contribution in [1.82, 2.24) is 0 Å². The van der Waals surface area contributed by atoms with Gasteiger partial charge in [0.15, 0.2) is 0 Å². The van der Waals surface area contributed by atoms with Crippen LogP contribution in [0.2, 0.25) is 0 Å². The van der Waals surface area contributed by atoms with Crippen molar-refractivity contribution >= 4 is 23.9 Å². The molecule has 0 atom stereocenters. The van der Waals surface area contributed by atoms with E-state index in [4.69, 9.17) is 4.74 Å². The van der Waals surface area contributed by atoms with E-state index in [-0.39, 0.29) is 30.4 Å². The predicted octanol–water partition coefficient (Wildman–Crippen LogP) is 5.11. The molecule has 0 saturated carbocycles. The normalized spacial score (nSPS) is 16.2. The molecule has 1 amide bonds. The van der Waals surface area contributed by atoms with Crippen molar-refractivity contribution in [2.45, 2.75) is 25.1 Å². The zero-order valence-electron chi connectivity index (χ0n) is 19.1. The van der Waals surface area contributed by atoms with Gasteiger partial charge in [-0.05, 0) is 66.3 Å². The second-order valence-electron chi connectivity index (χ2n) is 8.00. The third-order valence-corrected chi connectivity index (χ3v) is 5.76. The highest BCUT2D eigenvalue weighted by molar-refractivity contribution is 6.00. The number of carbonyl (C=O) groups excluding carboxylic acids is 1. The van der Waals surface area contributed by atoms with E-state index in [0.717, 1.165) is 6.08 Å². The molecule has 3 rings (SSSR count). The van der Waals surface area contributed by atoms with Gasteiger partial charge < -0.3 is 19.9 Å². The Bertz CT molecular complexity index is 1150. The number of anilines is 1. The highest BCUT2D eigenvalue weighted by Gasteiger charge is 2.47. The largest absolute Gasteiger partial charge is 0.435 e. The Morgan fingerprint density at radius 3 is 2.25 bits per heavy atom. The lowest BCUT2D eigenvalue weighted by Crippen LogP contribution is -2.55. The Labute approximate surface area is 203 Å². The number of aliphatic imine (C=N–C) groups is 1. The summed E-state index contributed by atoms with van der Waals surface area (Å²) in [6, 6.07) is 12.0. The fraction of sp³-hybridized carbons (Fsp3) is 0.280. The third kappa shape index (κ3) is 5.97. The van der Waals surface area contributed by atoms with Crippen molar-refractivity contribution in [3.63, 3.8) is 0 Å². The highest BCUT2D eigenvalue weighted by Crippen LogP contribution is 2.35. The Morgan fingerprint density at radius 2 is 1.81 bits per heavy atom. The molecule has 1 saturated heterocycles. The van der Waals surface area contributed by atoms with Crippen molar-refractivity contribution in [1.29, 1.82) is 0 Å². The first-order valence-electron chi connectivity index (χ1n) is 10.6. The maximum absolute atomic E-state index is 13.1. The zero-order valence-corrected chi connectivity index (χ0v) is 19.1. The third-order valence-electron chi connectivity index (χ3n) is 5.76. The number of hydrogen-bond acceptors (Lipinski definition) is 5. The van der Waals surface area contributed by atoms with Gasteiger partial charge in [0.1, 0.15) is 16.9 Å². The van der Waals surface area contributed by atoms with Crippen LogP contribution in [0.3, 0.4) is 0 Å². The van der Waals surface area contributed by atoms with Crippen LogP contribution < -0.4 is 10.1 Å². The molecule has 1 aliphatic heterocycles. The van der Waals surface area contributed by atoms with E-state index in [1.54, 1.807) is 31.2 Å². The molecule has 1 heterocycles. The lowest BCUT2D eigenvalue weighted by atomic mass is 9.77. The van der Waals surface area contributed by atoms with Crippen LogP contribution in [-0.4, -0.2) is 50.3 Å². The summed E-state index contributed by atoms with van der Waals surface area (Å²) in [5, 5.41) is 12.4. The van der Waals surface area contributed by atoms with E-state index in [1.807, 2.05) is 0 Å². The van der Waals surface area contributed by atoms with Crippen molar-refractivity contribution in [2.75, 3.05) is 25.1 Å². The molecule has 192 valence electrons. The smallest absolute Gasteiger partial charge is 0.433 e. The number of ether oxygens (including phenoxy) is 2. The number of aliphatic hydroxyl groups excluding tert-OH is 1. The van der Waals surface area contributed by atoms with Gasteiger partial charge in [0.05, 0.1) is 19.8 Å². The summed E-state index contributed by atoms with van der Waals surface area (Å²) < 4.78 is 73.3. The molecule has 6 nitrogen and oxygen atoms in total. The molecule has 0 aliphatic carbocycles. The maximum atomic E-state index is 13.1. The number of allylic oxidation sites excluding steroid dienone is 2. The SMILES string of the molecule is C=N/C(=C\C(CO)=C(/C)c1ccc(C2(C(=O)Nc3ccc(OC(F)F)cc3)COC2)cc1)C(F)(F)F. The van der Waals surface area contributed by atoms with Gasteiger partial charge in [-0.1, -0.05) is 24.3 Å². The van der Waals surface area contributed by atoms with Crippen molar-refractivity contribution in [3.05, 3.63) is 77.0 Å². The summed E-state index contributed by atoms with van der Waals surface area (Å²) >= 11 is 0. The minimum absolute atomic E-state index is 0.0150. The Kier molecular flexibility index (Phi) is 8.26. The number of nitrogens with zero attached hydrogens (tertiary/aromatic N) is 1.